The fraction of sp³-hybridized carbons (Fsp3) is 0.167. The van der Waals surface area contributed by atoms with Crippen molar-refractivity contribution in [2.24, 2.45) is 0 Å². The van der Waals surface area contributed by atoms with Crippen LogP contribution in [0, 0.1) is 0 Å². The Bertz CT molecular complexity index is 897. The molecule has 0 atom stereocenters. The molecule has 0 bridgehead atoms. The van der Waals surface area contributed by atoms with Gasteiger partial charge in [0.15, 0.2) is 0 Å². The molecule has 3 aromatic rings. The SMILES string of the molecule is CSc1ccccc1C(=O)N(C)Cc1nc(-c2cccc(Br)c2)no1. The first-order valence-corrected chi connectivity index (χ1v) is 9.57. The Morgan fingerprint density at radius 1 is 1.24 bits per heavy atom. The molecule has 0 saturated heterocycles. The molecule has 1 aromatic heterocycles. The molecule has 1 heterocycles. The van der Waals surface area contributed by atoms with Gasteiger partial charge in [-0.2, -0.15) is 4.98 Å². The zero-order chi connectivity index (χ0) is 17.8. The summed E-state index contributed by atoms with van der Waals surface area (Å²) in [4.78, 5) is 19.6. The predicted octanol–water partition coefficient (Wildman–Crippen LogP) is 4.49. The molecule has 0 aliphatic heterocycles. The third kappa shape index (κ3) is 4.11. The Labute approximate surface area is 158 Å². The molecule has 3 rings (SSSR count). The molecule has 0 unspecified atom stereocenters. The van der Waals surface area contributed by atoms with Crippen LogP contribution in [0.2, 0.25) is 0 Å². The topological polar surface area (TPSA) is 59.2 Å². The molecule has 25 heavy (non-hydrogen) atoms. The Balaban J connectivity index is 1.75. The number of halogens is 1. The molecule has 0 N–H and O–H groups in total. The van der Waals surface area contributed by atoms with Crippen LogP contribution in [0.4, 0.5) is 0 Å². The third-order valence-corrected chi connectivity index (χ3v) is 4.90. The minimum absolute atomic E-state index is 0.0767. The Morgan fingerprint density at radius 3 is 2.80 bits per heavy atom. The van der Waals surface area contributed by atoms with Crippen molar-refractivity contribution in [3.63, 3.8) is 0 Å². The monoisotopic (exact) mass is 417 g/mol. The van der Waals surface area contributed by atoms with Gasteiger partial charge in [0.2, 0.25) is 11.7 Å². The summed E-state index contributed by atoms with van der Waals surface area (Å²) in [5.41, 5.74) is 1.52. The first-order valence-electron chi connectivity index (χ1n) is 7.55. The van der Waals surface area contributed by atoms with Crippen LogP contribution in [0.15, 0.2) is 62.4 Å². The Hall–Kier alpha value is -2.12. The summed E-state index contributed by atoms with van der Waals surface area (Å²) in [5, 5.41) is 4.00. The van der Waals surface area contributed by atoms with E-state index in [-0.39, 0.29) is 12.5 Å². The van der Waals surface area contributed by atoms with Crippen molar-refractivity contribution in [1.29, 1.82) is 0 Å². The van der Waals surface area contributed by atoms with Crippen molar-refractivity contribution in [2.75, 3.05) is 13.3 Å². The number of rotatable bonds is 5. The van der Waals surface area contributed by atoms with Crippen LogP contribution < -0.4 is 0 Å². The summed E-state index contributed by atoms with van der Waals surface area (Å²) in [5.74, 6) is 0.821. The molecule has 7 heteroatoms. The van der Waals surface area contributed by atoms with Gasteiger partial charge < -0.3 is 9.42 Å². The second-order valence-corrected chi connectivity index (χ2v) is 7.15. The van der Waals surface area contributed by atoms with E-state index in [1.165, 1.54) is 0 Å². The van der Waals surface area contributed by atoms with E-state index in [2.05, 4.69) is 26.1 Å². The first kappa shape index (κ1) is 17.7. The maximum absolute atomic E-state index is 12.7. The molecule has 1 amide bonds. The summed E-state index contributed by atoms with van der Waals surface area (Å²) >= 11 is 4.97. The molecule has 0 fully saturated rings. The molecular formula is C18H16BrN3O2S. The van der Waals surface area contributed by atoms with Gasteiger partial charge in [-0.05, 0) is 30.5 Å². The quantitative estimate of drug-likeness (QED) is 0.572. The van der Waals surface area contributed by atoms with Crippen LogP contribution in [0.5, 0.6) is 0 Å². The van der Waals surface area contributed by atoms with E-state index in [0.29, 0.717) is 17.3 Å². The molecule has 0 spiro atoms. The van der Waals surface area contributed by atoms with E-state index in [0.717, 1.165) is 14.9 Å². The van der Waals surface area contributed by atoms with Crippen molar-refractivity contribution in [1.82, 2.24) is 15.0 Å². The lowest BCUT2D eigenvalue weighted by atomic mass is 10.2. The molecule has 0 saturated carbocycles. The zero-order valence-corrected chi connectivity index (χ0v) is 16.2. The molecule has 128 valence electrons. The van der Waals surface area contributed by atoms with Gasteiger partial charge in [-0.15, -0.1) is 11.8 Å². The Morgan fingerprint density at radius 2 is 2.04 bits per heavy atom. The standard InChI is InChI=1S/C18H16BrN3O2S/c1-22(18(23)14-8-3-4-9-15(14)25-2)11-16-20-17(21-24-16)12-6-5-7-13(19)10-12/h3-10H,11H2,1-2H3. The summed E-state index contributed by atoms with van der Waals surface area (Å²) < 4.78 is 6.24. The third-order valence-electron chi connectivity index (χ3n) is 3.61. The highest BCUT2D eigenvalue weighted by molar-refractivity contribution is 9.10. The van der Waals surface area contributed by atoms with Gasteiger partial charge in [-0.25, -0.2) is 0 Å². The highest BCUT2D eigenvalue weighted by atomic mass is 79.9. The molecule has 2 aromatic carbocycles. The van der Waals surface area contributed by atoms with Crippen LogP contribution in [-0.4, -0.2) is 34.3 Å². The molecule has 0 aliphatic carbocycles. The lowest BCUT2D eigenvalue weighted by molar-refractivity contribution is 0.0766. The van der Waals surface area contributed by atoms with E-state index in [4.69, 9.17) is 4.52 Å². The van der Waals surface area contributed by atoms with Crippen LogP contribution in [0.25, 0.3) is 11.4 Å². The summed E-state index contributed by atoms with van der Waals surface area (Å²) in [7, 11) is 1.72. The summed E-state index contributed by atoms with van der Waals surface area (Å²) in [6.45, 7) is 0.253. The highest BCUT2D eigenvalue weighted by Crippen LogP contribution is 2.23. The Kier molecular flexibility index (Phi) is 5.55. The van der Waals surface area contributed by atoms with Gasteiger partial charge in [0.05, 0.1) is 12.1 Å². The minimum atomic E-state index is -0.0767. The summed E-state index contributed by atoms with van der Waals surface area (Å²) in [6, 6.07) is 15.2. The van der Waals surface area contributed by atoms with E-state index in [9.17, 15) is 4.79 Å². The van der Waals surface area contributed by atoms with Crippen LogP contribution in [0.3, 0.4) is 0 Å². The fourth-order valence-electron chi connectivity index (χ4n) is 2.37. The smallest absolute Gasteiger partial charge is 0.255 e. The number of hydrogen-bond acceptors (Lipinski definition) is 5. The summed E-state index contributed by atoms with van der Waals surface area (Å²) in [6.07, 6.45) is 1.95. The van der Waals surface area contributed by atoms with Crippen molar-refractivity contribution in [3.8, 4) is 11.4 Å². The maximum atomic E-state index is 12.7. The number of carbonyl (C=O) groups excluding carboxylic acids is 1. The highest BCUT2D eigenvalue weighted by Gasteiger charge is 2.18. The maximum Gasteiger partial charge on any atom is 0.255 e. The average molecular weight is 418 g/mol. The lowest BCUT2D eigenvalue weighted by Gasteiger charge is -2.16. The van der Waals surface area contributed by atoms with Crippen LogP contribution in [-0.2, 0) is 6.54 Å². The van der Waals surface area contributed by atoms with Gasteiger partial charge in [0.1, 0.15) is 0 Å². The number of thioether (sulfide) groups is 1. The average Bonchev–Trinajstić information content (AvgIpc) is 3.09. The lowest BCUT2D eigenvalue weighted by Crippen LogP contribution is -2.26. The molecule has 0 aliphatic rings. The van der Waals surface area contributed by atoms with E-state index < -0.39 is 0 Å². The number of amides is 1. The minimum Gasteiger partial charge on any atom is -0.337 e. The largest absolute Gasteiger partial charge is 0.337 e. The second-order valence-electron chi connectivity index (χ2n) is 5.38. The number of hydrogen-bond donors (Lipinski definition) is 0. The van der Waals surface area contributed by atoms with E-state index in [1.807, 2.05) is 54.8 Å². The number of aromatic nitrogens is 2. The number of benzene rings is 2. The van der Waals surface area contributed by atoms with Crippen molar-refractivity contribution in [2.45, 2.75) is 11.4 Å². The van der Waals surface area contributed by atoms with Gasteiger partial charge in [0, 0.05) is 22.0 Å². The second kappa shape index (κ2) is 7.84. The molecule has 5 nitrogen and oxygen atoms in total. The van der Waals surface area contributed by atoms with Gasteiger partial charge in [-0.1, -0.05) is 45.4 Å². The molecule has 0 radical (unpaired) electrons. The van der Waals surface area contributed by atoms with Gasteiger partial charge in [0.25, 0.3) is 5.91 Å². The van der Waals surface area contributed by atoms with Crippen LogP contribution >= 0.6 is 27.7 Å². The van der Waals surface area contributed by atoms with E-state index in [1.54, 1.807) is 23.7 Å². The first-order chi connectivity index (χ1) is 12.1. The van der Waals surface area contributed by atoms with Crippen molar-refractivity contribution in [3.05, 3.63) is 64.5 Å². The van der Waals surface area contributed by atoms with Gasteiger partial charge in [-0.3, -0.25) is 4.79 Å². The number of nitrogens with zero attached hydrogens (tertiary/aromatic N) is 3. The fourth-order valence-corrected chi connectivity index (χ4v) is 3.35. The number of carbonyl (C=O) groups is 1. The molecular weight excluding hydrogens is 402 g/mol. The van der Waals surface area contributed by atoms with E-state index >= 15 is 0 Å². The van der Waals surface area contributed by atoms with Crippen LogP contribution in [0.1, 0.15) is 16.2 Å². The van der Waals surface area contributed by atoms with Gasteiger partial charge >= 0.3 is 0 Å². The van der Waals surface area contributed by atoms with Crippen molar-refractivity contribution >= 4 is 33.6 Å². The zero-order valence-electron chi connectivity index (χ0n) is 13.8. The van der Waals surface area contributed by atoms with Crippen molar-refractivity contribution < 1.29 is 9.32 Å². The normalized spacial score (nSPS) is 10.7. The predicted molar refractivity (Wildman–Crippen MR) is 101 cm³/mol.